The van der Waals surface area contributed by atoms with Gasteiger partial charge in [0.2, 0.25) is 11.8 Å². The summed E-state index contributed by atoms with van der Waals surface area (Å²) in [7, 11) is 1.77. The number of aromatic nitrogens is 1. The van der Waals surface area contributed by atoms with Gasteiger partial charge < -0.3 is 10.2 Å². The number of amides is 2. The zero-order valence-corrected chi connectivity index (χ0v) is 16.9. The largest absolute Gasteiger partial charge is 0.338 e. The SMILES string of the molecule is Cc1ccc(NC(=O)CSCC(=O)N(C)Cc2nc3ccccc3s2)cc1. The van der Waals surface area contributed by atoms with Crippen molar-refractivity contribution in [2.24, 2.45) is 0 Å². The highest BCUT2D eigenvalue weighted by atomic mass is 32.2. The normalized spacial score (nSPS) is 10.7. The monoisotopic (exact) mass is 399 g/mol. The van der Waals surface area contributed by atoms with Gasteiger partial charge in [0.1, 0.15) is 5.01 Å². The smallest absolute Gasteiger partial charge is 0.234 e. The summed E-state index contributed by atoms with van der Waals surface area (Å²) >= 11 is 2.91. The molecular weight excluding hydrogens is 378 g/mol. The van der Waals surface area contributed by atoms with Gasteiger partial charge in [-0.1, -0.05) is 29.8 Å². The van der Waals surface area contributed by atoms with Gasteiger partial charge in [-0.05, 0) is 31.2 Å². The summed E-state index contributed by atoms with van der Waals surface area (Å²) < 4.78 is 1.12. The van der Waals surface area contributed by atoms with Gasteiger partial charge in [-0.15, -0.1) is 23.1 Å². The fourth-order valence-corrected chi connectivity index (χ4v) is 4.23. The third kappa shape index (κ3) is 5.55. The number of thiazole rings is 1. The van der Waals surface area contributed by atoms with E-state index in [0.717, 1.165) is 26.5 Å². The lowest BCUT2D eigenvalue weighted by atomic mass is 10.2. The molecule has 0 aliphatic heterocycles. The van der Waals surface area contributed by atoms with E-state index in [0.29, 0.717) is 6.54 Å². The quantitative estimate of drug-likeness (QED) is 0.654. The summed E-state index contributed by atoms with van der Waals surface area (Å²) in [5.41, 5.74) is 2.87. The lowest BCUT2D eigenvalue weighted by Gasteiger charge is -2.15. The van der Waals surface area contributed by atoms with E-state index < -0.39 is 0 Å². The highest BCUT2D eigenvalue weighted by Gasteiger charge is 2.13. The maximum absolute atomic E-state index is 12.3. The van der Waals surface area contributed by atoms with Crippen LogP contribution in [0.3, 0.4) is 0 Å². The van der Waals surface area contributed by atoms with Gasteiger partial charge >= 0.3 is 0 Å². The number of anilines is 1. The van der Waals surface area contributed by atoms with E-state index in [1.165, 1.54) is 11.8 Å². The first-order valence-corrected chi connectivity index (χ1v) is 10.5. The Bertz CT molecular complexity index is 905. The predicted molar refractivity (Wildman–Crippen MR) is 113 cm³/mol. The maximum atomic E-state index is 12.3. The summed E-state index contributed by atoms with van der Waals surface area (Å²) in [5.74, 6) is 0.394. The van der Waals surface area contributed by atoms with Crippen LogP contribution in [0.5, 0.6) is 0 Å². The number of aryl methyl sites for hydroxylation is 1. The van der Waals surface area contributed by atoms with Gasteiger partial charge in [-0.3, -0.25) is 9.59 Å². The number of nitrogens with one attached hydrogen (secondary N) is 1. The van der Waals surface area contributed by atoms with Crippen molar-refractivity contribution in [2.75, 3.05) is 23.9 Å². The summed E-state index contributed by atoms with van der Waals surface area (Å²) in [6, 6.07) is 15.6. The Balaban J connectivity index is 1.42. The molecule has 0 fully saturated rings. The van der Waals surface area contributed by atoms with Gasteiger partial charge in [0.15, 0.2) is 0 Å². The van der Waals surface area contributed by atoms with Crippen molar-refractivity contribution in [3.8, 4) is 0 Å². The molecule has 1 N–H and O–H groups in total. The van der Waals surface area contributed by atoms with Gasteiger partial charge in [0.25, 0.3) is 0 Å². The molecule has 3 aromatic rings. The number of hydrogen-bond acceptors (Lipinski definition) is 5. The van der Waals surface area contributed by atoms with Crippen LogP contribution < -0.4 is 5.32 Å². The number of rotatable bonds is 7. The number of hydrogen-bond donors (Lipinski definition) is 1. The fraction of sp³-hybridized carbons (Fsp3) is 0.250. The van der Waals surface area contributed by atoms with Crippen molar-refractivity contribution < 1.29 is 9.59 Å². The van der Waals surface area contributed by atoms with E-state index >= 15 is 0 Å². The lowest BCUT2D eigenvalue weighted by molar-refractivity contribution is -0.127. The van der Waals surface area contributed by atoms with Crippen molar-refractivity contribution in [3.63, 3.8) is 0 Å². The van der Waals surface area contributed by atoms with Crippen LogP contribution in [0.1, 0.15) is 10.6 Å². The highest BCUT2D eigenvalue weighted by molar-refractivity contribution is 8.00. The number of benzene rings is 2. The molecule has 2 amide bonds. The summed E-state index contributed by atoms with van der Waals surface area (Å²) in [4.78, 5) is 30.5. The predicted octanol–water partition coefficient (Wildman–Crippen LogP) is 3.94. The average molecular weight is 400 g/mol. The van der Waals surface area contributed by atoms with Crippen molar-refractivity contribution >= 4 is 50.8 Å². The van der Waals surface area contributed by atoms with E-state index in [1.54, 1.807) is 23.3 Å². The molecule has 5 nitrogen and oxygen atoms in total. The Morgan fingerprint density at radius 2 is 1.85 bits per heavy atom. The van der Waals surface area contributed by atoms with Crippen LogP contribution in [-0.2, 0) is 16.1 Å². The van der Waals surface area contributed by atoms with Crippen LogP contribution in [0.2, 0.25) is 0 Å². The second-order valence-corrected chi connectivity index (χ2v) is 8.33. The van der Waals surface area contributed by atoms with Crippen molar-refractivity contribution in [1.82, 2.24) is 9.88 Å². The summed E-state index contributed by atoms with van der Waals surface area (Å²) in [6.45, 7) is 2.48. The van der Waals surface area contributed by atoms with Crippen LogP contribution in [0.25, 0.3) is 10.2 Å². The molecule has 1 aromatic heterocycles. The standard InChI is InChI=1S/C20H21N3O2S2/c1-14-7-9-15(10-8-14)21-18(24)12-26-13-20(25)23(2)11-19-22-16-5-3-4-6-17(16)27-19/h3-10H,11-13H2,1-2H3,(H,21,24). The van der Waals surface area contributed by atoms with E-state index in [-0.39, 0.29) is 23.3 Å². The molecule has 0 bridgehead atoms. The zero-order valence-electron chi connectivity index (χ0n) is 15.3. The van der Waals surface area contributed by atoms with Gasteiger partial charge in [0.05, 0.1) is 28.3 Å². The molecule has 1 heterocycles. The van der Waals surface area contributed by atoms with Gasteiger partial charge in [0, 0.05) is 12.7 Å². The number of carbonyl (C=O) groups excluding carboxylic acids is 2. The van der Waals surface area contributed by atoms with Crippen LogP contribution in [0.15, 0.2) is 48.5 Å². The first-order chi connectivity index (χ1) is 13.0. The highest BCUT2D eigenvalue weighted by Crippen LogP contribution is 2.22. The Kier molecular flexibility index (Phi) is 6.47. The Morgan fingerprint density at radius 3 is 2.59 bits per heavy atom. The molecule has 0 saturated carbocycles. The van der Waals surface area contributed by atoms with Gasteiger partial charge in [-0.2, -0.15) is 0 Å². The molecule has 0 unspecified atom stereocenters. The van der Waals surface area contributed by atoms with Crippen molar-refractivity contribution in [2.45, 2.75) is 13.5 Å². The van der Waals surface area contributed by atoms with Crippen molar-refractivity contribution in [3.05, 3.63) is 59.1 Å². The molecule has 0 radical (unpaired) electrons. The number of nitrogens with zero attached hydrogens (tertiary/aromatic N) is 2. The summed E-state index contributed by atoms with van der Waals surface area (Å²) in [6.07, 6.45) is 0. The second-order valence-electron chi connectivity index (χ2n) is 6.23. The van der Waals surface area contributed by atoms with Gasteiger partial charge in [-0.25, -0.2) is 4.98 Å². The number of para-hydroxylation sites is 1. The first-order valence-electron chi connectivity index (χ1n) is 8.54. The van der Waals surface area contributed by atoms with E-state index in [1.807, 2.05) is 55.5 Å². The van der Waals surface area contributed by atoms with Crippen LogP contribution in [0.4, 0.5) is 5.69 Å². The molecular formula is C20H21N3O2S2. The van der Waals surface area contributed by atoms with E-state index in [4.69, 9.17) is 0 Å². The molecule has 3 rings (SSSR count). The molecule has 0 aliphatic carbocycles. The third-order valence-corrected chi connectivity index (χ3v) is 5.87. The Morgan fingerprint density at radius 1 is 1.11 bits per heavy atom. The number of carbonyl (C=O) groups is 2. The average Bonchev–Trinajstić information content (AvgIpc) is 3.05. The molecule has 2 aromatic carbocycles. The molecule has 27 heavy (non-hydrogen) atoms. The third-order valence-electron chi connectivity index (χ3n) is 3.93. The molecule has 0 spiro atoms. The minimum Gasteiger partial charge on any atom is -0.338 e. The van der Waals surface area contributed by atoms with Crippen LogP contribution in [-0.4, -0.2) is 40.3 Å². The minimum atomic E-state index is -0.106. The minimum absolute atomic E-state index is 0.0117. The van der Waals surface area contributed by atoms with Crippen molar-refractivity contribution in [1.29, 1.82) is 0 Å². The van der Waals surface area contributed by atoms with E-state index in [2.05, 4.69) is 10.3 Å². The molecule has 0 saturated heterocycles. The molecule has 0 atom stereocenters. The second kappa shape index (κ2) is 9.01. The summed E-state index contributed by atoms with van der Waals surface area (Å²) in [5, 5.41) is 3.75. The van der Waals surface area contributed by atoms with Crippen LogP contribution >= 0.6 is 23.1 Å². The first kappa shape index (κ1) is 19.4. The maximum Gasteiger partial charge on any atom is 0.234 e. The molecule has 140 valence electrons. The Labute approximate surface area is 166 Å². The lowest BCUT2D eigenvalue weighted by Crippen LogP contribution is -2.28. The topological polar surface area (TPSA) is 62.3 Å². The van der Waals surface area contributed by atoms with E-state index in [9.17, 15) is 9.59 Å². The molecule has 0 aliphatic rings. The molecule has 7 heteroatoms. The number of thioether (sulfide) groups is 1. The fourth-order valence-electron chi connectivity index (χ4n) is 2.45. The van der Waals surface area contributed by atoms with Crippen LogP contribution in [0, 0.1) is 6.92 Å². The zero-order chi connectivity index (χ0) is 19.2. The number of fused-ring (bicyclic) bond motifs is 1. The Hall–Kier alpha value is -2.38.